The number of benzene rings is 2. The van der Waals surface area contributed by atoms with Crippen LogP contribution in [-0.2, 0) is 4.79 Å². The van der Waals surface area contributed by atoms with Crippen molar-refractivity contribution in [2.24, 2.45) is 11.8 Å². The molecular weight excluding hydrogens is 416 g/mol. The molecule has 7 nitrogen and oxygen atoms in total. The van der Waals surface area contributed by atoms with Gasteiger partial charge in [-0.2, -0.15) is 4.98 Å². The maximum absolute atomic E-state index is 13.4. The first kappa shape index (κ1) is 21.6. The number of aromatic nitrogens is 2. The molecule has 1 aliphatic carbocycles. The summed E-state index contributed by atoms with van der Waals surface area (Å²) in [6.45, 7) is 5.13. The minimum absolute atomic E-state index is 0.0179. The van der Waals surface area contributed by atoms with Crippen molar-refractivity contribution in [3.05, 3.63) is 59.7 Å². The molecule has 5 rings (SSSR count). The number of carbonyl (C=O) groups is 2. The van der Waals surface area contributed by atoms with Gasteiger partial charge < -0.3 is 14.7 Å². The molecule has 172 valence electrons. The molecule has 1 aromatic heterocycles. The number of piperidine rings is 1. The molecule has 2 atom stereocenters. The van der Waals surface area contributed by atoms with E-state index in [9.17, 15) is 9.59 Å². The van der Waals surface area contributed by atoms with E-state index in [-0.39, 0.29) is 29.7 Å². The van der Waals surface area contributed by atoms with Crippen LogP contribution in [0.15, 0.2) is 47.0 Å². The summed E-state index contributed by atoms with van der Waals surface area (Å²) < 4.78 is 5.50. The molecule has 0 radical (unpaired) electrons. The van der Waals surface area contributed by atoms with E-state index in [0.29, 0.717) is 30.5 Å². The van der Waals surface area contributed by atoms with Crippen LogP contribution in [0.2, 0.25) is 0 Å². The summed E-state index contributed by atoms with van der Waals surface area (Å²) >= 11 is 0. The van der Waals surface area contributed by atoms with Crippen molar-refractivity contribution < 1.29 is 14.1 Å². The molecule has 2 aromatic carbocycles. The van der Waals surface area contributed by atoms with Crippen molar-refractivity contribution in [2.45, 2.75) is 51.5 Å². The van der Waals surface area contributed by atoms with Crippen molar-refractivity contribution in [3.8, 4) is 0 Å². The van der Waals surface area contributed by atoms with Gasteiger partial charge in [0.25, 0.3) is 5.91 Å². The third kappa shape index (κ3) is 4.49. The van der Waals surface area contributed by atoms with Gasteiger partial charge in [-0.15, -0.1) is 0 Å². The molecule has 2 fully saturated rings. The lowest BCUT2D eigenvalue weighted by Gasteiger charge is -2.33. The summed E-state index contributed by atoms with van der Waals surface area (Å²) in [7, 11) is 0. The Balaban J connectivity index is 1.29. The molecule has 2 heterocycles. The summed E-state index contributed by atoms with van der Waals surface area (Å²) in [6.07, 6.45) is 3.75. The zero-order chi connectivity index (χ0) is 22.9. The van der Waals surface area contributed by atoms with Gasteiger partial charge in [-0.25, -0.2) is 0 Å². The maximum Gasteiger partial charge on any atom is 0.254 e. The zero-order valence-electron chi connectivity index (χ0n) is 19.2. The molecule has 2 aliphatic rings. The quantitative estimate of drug-likeness (QED) is 0.604. The smallest absolute Gasteiger partial charge is 0.254 e. The van der Waals surface area contributed by atoms with Gasteiger partial charge in [0.05, 0.1) is 5.92 Å². The monoisotopic (exact) mass is 446 g/mol. The number of likely N-dealkylation sites (tertiary alicyclic amines) is 1. The Hall–Kier alpha value is -3.22. The molecule has 3 aromatic rings. The molecule has 0 spiro atoms. The Kier molecular flexibility index (Phi) is 5.87. The predicted molar refractivity (Wildman–Crippen MR) is 125 cm³/mol. The summed E-state index contributed by atoms with van der Waals surface area (Å²) in [5.74, 6) is 1.39. The first-order valence-corrected chi connectivity index (χ1v) is 11.9. The lowest BCUT2D eigenvalue weighted by atomic mass is 9.94. The second-order valence-electron chi connectivity index (χ2n) is 9.61. The predicted octanol–water partition coefficient (Wildman–Crippen LogP) is 4.47. The lowest BCUT2D eigenvalue weighted by Crippen LogP contribution is -2.46. The van der Waals surface area contributed by atoms with Crippen molar-refractivity contribution in [1.82, 2.24) is 20.4 Å². The number of nitrogens with one attached hydrogen (secondary N) is 1. The van der Waals surface area contributed by atoms with E-state index >= 15 is 0 Å². The van der Waals surface area contributed by atoms with Crippen LogP contribution in [0.5, 0.6) is 0 Å². The standard InChI is InChI=1S/C26H30N4O3/c1-16(2)22(25-28-23(29-33-25)18-12-13-18)27-24(31)19-9-6-14-30(15-19)26(32)21-11-5-8-17-7-3-4-10-20(17)21/h3-5,7-8,10-11,16,18-19,22H,6,9,12-15H2,1-2H3,(H,27,31). The number of carbonyl (C=O) groups excluding carboxylic acids is 2. The average Bonchev–Trinajstić information content (AvgIpc) is 3.58. The molecule has 2 amide bonds. The fraction of sp³-hybridized carbons (Fsp3) is 0.462. The van der Waals surface area contributed by atoms with Gasteiger partial charge in [0.15, 0.2) is 5.82 Å². The van der Waals surface area contributed by atoms with E-state index in [0.717, 1.165) is 42.3 Å². The van der Waals surface area contributed by atoms with Crippen LogP contribution in [0, 0.1) is 11.8 Å². The van der Waals surface area contributed by atoms with Crippen LogP contribution in [-0.4, -0.2) is 39.9 Å². The summed E-state index contributed by atoms with van der Waals surface area (Å²) in [5.41, 5.74) is 0.688. The van der Waals surface area contributed by atoms with Gasteiger partial charge >= 0.3 is 0 Å². The molecule has 2 unspecified atom stereocenters. The molecular formula is C26H30N4O3. The zero-order valence-corrected chi connectivity index (χ0v) is 19.2. The Morgan fingerprint density at radius 1 is 1.09 bits per heavy atom. The van der Waals surface area contributed by atoms with E-state index in [1.807, 2.05) is 61.2 Å². The highest BCUT2D eigenvalue weighted by Gasteiger charge is 2.34. The second kappa shape index (κ2) is 8.96. The van der Waals surface area contributed by atoms with Crippen LogP contribution in [0.1, 0.15) is 73.6 Å². The minimum Gasteiger partial charge on any atom is -0.344 e. The Morgan fingerprint density at radius 3 is 2.67 bits per heavy atom. The second-order valence-corrected chi connectivity index (χ2v) is 9.61. The molecule has 7 heteroatoms. The van der Waals surface area contributed by atoms with E-state index in [4.69, 9.17) is 4.52 Å². The Labute approximate surface area is 193 Å². The normalized spacial score (nSPS) is 19.6. The molecule has 33 heavy (non-hydrogen) atoms. The van der Waals surface area contributed by atoms with Crippen molar-refractivity contribution in [3.63, 3.8) is 0 Å². The van der Waals surface area contributed by atoms with Gasteiger partial charge in [0, 0.05) is 24.6 Å². The minimum atomic E-state index is -0.332. The molecule has 1 N–H and O–H groups in total. The largest absolute Gasteiger partial charge is 0.344 e. The van der Waals surface area contributed by atoms with Gasteiger partial charge in [0.2, 0.25) is 11.8 Å². The number of amides is 2. The topological polar surface area (TPSA) is 88.3 Å². The van der Waals surface area contributed by atoms with Gasteiger partial charge in [-0.1, -0.05) is 55.4 Å². The van der Waals surface area contributed by atoms with Crippen LogP contribution in [0.3, 0.4) is 0 Å². The number of fused-ring (bicyclic) bond motifs is 1. The van der Waals surface area contributed by atoms with Crippen LogP contribution in [0.25, 0.3) is 10.8 Å². The van der Waals surface area contributed by atoms with E-state index < -0.39 is 0 Å². The van der Waals surface area contributed by atoms with Crippen LogP contribution >= 0.6 is 0 Å². The highest BCUT2D eigenvalue weighted by molar-refractivity contribution is 6.07. The summed E-state index contributed by atoms with van der Waals surface area (Å²) in [6, 6.07) is 13.4. The number of nitrogens with zero attached hydrogens (tertiary/aromatic N) is 3. The Morgan fingerprint density at radius 2 is 1.88 bits per heavy atom. The van der Waals surface area contributed by atoms with Gasteiger partial charge in [0.1, 0.15) is 6.04 Å². The Bertz CT molecular complexity index is 1160. The molecule has 1 saturated carbocycles. The number of hydrogen-bond acceptors (Lipinski definition) is 5. The fourth-order valence-electron chi connectivity index (χ4n) is 4.62. The first-order valence-electron chi connectivity index (χ1n) is 11.9. The van der Waals surface area contributed by atoms with Crippen LogP contribution in [0.4, 0.5) is 0 Å². The third-order valence-electron chi connectivity index (χ3n) is 6.73. The average molecular weight is 447 g/mol. The van der Waals surface area contributed by atoms with Crippen molar-refractivity contribution in [1.29, 1.82) is 0 Å². The SMILES string of the molecule is CC(C)C(NC(=O)C1CCCN(C(=O)c2cccc3ccccc23)C1)c1nc(C2CC2)no1. The number of hydrogen-bond donors (Lipinski definition) is 1. The van der Waals surface area contributed by atoms with Crippen molar-refractivity contribution >= 4 is 22.6 Å². The summed E-state index contributed by atoms with van der Waals surface area (Å²) in [4.78, 5) is 32.9. The summed E-state index contributed by atoms with van der Waals surface area (Å²) in [5, 5.41) is 9.22. The molecule has 1 aliphatic heterocycles. The van der Waals surface area contributed by atoms with Crippen LogP contribution < -0.4 is 5.32 Å². The van der Waals surface area contributed by atoms with E-state index in [1.165, 1.54) is 0 Å². The maximum atomic E-state index is 13.4. The van der Waals surface area contributed by atoms with E-state index in [1.54, 1.807) is 0 Å². The highest BCUT2D eigenvalue weighted by atomic mass is 16.5. The highest BCUT2D eigenvalue weighted by Crippen LogP contribution is 2.38. The molecule has 1 saturated heterocycles. The van der Waals surface area contributed by atoms with Gasteiger partial charge in [-0.05, 0) is 48.4 Å². The van der Waals surface area contributed by atoms with Gasteiger partial charge in [-0.3, -0.25) is 9.59 Å². The number of rotatable bonds is 6. The fourth-order valence-corrected chi connectivity index (χ4v) is 4.62. The molecule has 0 bridgehead atoms. The first-order chi connectivity index (χ1) is 16.0. The van der Waals surface area contributed by atoms with Crippen molar-refractivity contribution in [2.75, 3.05) is 13.1 Å². The van der Waals surface area contributed by atoms with E-state index in [2.05, 4.69) is 15.5 Å². The third-order valence-corrected chi connectivity index (χ3v) is 6.73. The lowest BCUT2D eigenvalue weighted by molar-refractivity contribution is -0.127.